The molecule has 4 aromatic rings. The number of thiazole rings is 2. The van der Waals surface area contributed by atoms with Crippen molar-refractivity contribution in [1.29, 1.82) is 0 Å². The normalized spacial score (nSPS) is 11.5. The monoisotopic (exact) mass is 602 g/mol. The predicted molar refractivity (Wildman–Crippen MR) is 154 cm³/mol. The highest BCUT2D eigenvalue weighted by molar-refractivity contribution is 7.79. The van der Waals surface area contributed by atoms with Crippen molar-refractivity contribution in [2.24, 2.45) is 20.5 Å². The van der Waals surface area contributed by atoms with Crippen LogP contribution in [0.1, 0.15) is 20.3 Å². The molecule has 0 radical (unpaired) electrons. The van der Waals surface area contributed by atoms with Crippen molar-refractivity contribution >= 4 is 66.1 Å². The Morgan fingerprint density at radius 1 is 0.700 bits per heavy atom. The summed E-state index contributed by atoms with van der Waals surface area (Å²) in [6.07, 6.45) is 5.04. The van der Waals surface area contributed by atoms with Gasteiger partial charge in [-0.2, -0.15) is 0 Å². The van der Waals surface area contributed by atoms with Crippen LogP contribution >= 0.6 is 22.7 Å². The zero-order chi connectivity index (χ0) is 28.8. The van der Waals surface area contributed by atoms with E-state index in [0.717, 1.165) is 65.6 Å². The summed E-state index contributed by atoms with van der Waals surface area (Å²) in [5.41, 5.74) is 3.84. The van der Waals surface area contributed by atoms with Crippen molar-refractivity contribution in [3.05, 3.63) is 71.7 Å². The summed E-state index contributed by atoms with van der Waals surface area (Å²) in [5.74, 6) is 0. The fourth-order valence-corrected chi connectivity index (χ4v) is 4.77. The van der Waals surface area contributed by atoms with Crippen LogP contribution in [0.15, 0.2) is 92.1 Å². The second-order valence-corrected chi connectivity index (χ2v) is 10.6. The van der Waals surface area contributed by atoms with Gasteiger partial charge in [-0.05, 0) is 102 Å². The summed E-state index contributed by atoms with van der Waals surface area (Å²) in [6, 6.07) is 16.1. The van der Waals surface area contributed by atoms with E-state index in [2.05, 4.69) is 54.1 Å². The molecule has 2 N–H and O–H groups in total. The van der Waals surface area contributed by atoms with Gasteiger partial charge in [0.15, 0.2) is 0 Å². The number of azo groups is 2. The summed E-state index contributed by atoms with van der Waals surface area (Å²) in [5, 5.41) is 30.2. The lowest BCUT2D eigenvalue weighted by molar-refractivity contribution is -0.677. The Morgan fingerprint density at radius 3 is 1.43 bits per heavy atom. The van der Waals surface area contributed by atoms with Gasteiger partial charge in [-0.3, -0.25) is 8.42 Å². The highest BCUT2D eigenvalue weighted by Crippen LogP contribution is 2.22. The van der Waals surface area contributed by atoms with Crippen molar-refractivity contribution in [3.63, 3.8) is 0 Å². The first-order valence-corrected chi connectivity index (χ1v) is 15.5. The molecule has 0 spiro atoms. The maximum Gasteiger partial charge on any atom is 0.408 e. The molecule has 2 heterocycles. The van der Waals surface area contributed by atoms with Crippen molar-refractivity contribution in [1.82, 2.24) is 0 Å². The smallest absolute Gasteiger partial charge is 0.408 e. The molecule has 2 aromatic heterocycles. The van der Waals surface area contributed by atoms with Crippen LogP contribution in [-0.2, 0) is 23.5 Å². The van der Waals surface area contributed by atoms with Crippen molar-refractivity contribution in [2.45, 2.75) is 33.4 Å². The van der Waals surface area contributed by atoms with Crippen LogP contribution in [0, 0.1) is 0 Å². The largest absolute Gasteiger partial charge is 0.759 e. The summed E-state index contributed by atoms with van der Waals surface area (Å²) < 4.78 is 38.2. The Bertz CT molecular complexity index is 1380. The van der Waals surface area contributed by atoms with E-state index in [0.29, 0.717) is 0 Å². The first kappa shape index (κ1) is 30.9. The third kappa shape index (κ3) is 11.2. The first-order chi connectivity index (χ1) is 19.2. The minimum atomic E-state index is -5.17. The molecule has 0 amide bonds. The van der Waals surface area contributed by atoms with Crippen LogP contribution in [0.2, 0.25) is 0 Å². The van der Waals surface area contributed by atoms with Crippen LogP contribution < -0.4 is 19.8 Å². The molecule has 0 bridgehead atoms. The minimum Gasteiger partial charge on any atom is -0.759 e. The second kappa shape index (κ2) is 15.8. The SMILES string of the molecule is CC[n+]1ccsc1N=Nc1ccc(NCCCNc2ccc(N=Nc3scc[n+]3CC)cc2)cc1.O=S(=O)([O-])[O-]. The van der Waals surface area contributed by atoms with Gasteiger partial charge in [0.05, 0.1) is 23.3 Å². The Balaban J connectivity index is 0.000000810. The van der Waals surface area contributed by atoms with Crippen LogP contribution in [0.4, 0.5) is 33.0 Å². The number of nitrogens with zero attached hydrogens (tertiary/aromatic N) is 6. The molecule has 0 saturated heterocycles. The van der Waals surface area contributed by atoms with Gasteiger partial charge in [0.2, 0.25) is 0 Å². The topological polar surface area (TPSA) is 162 Å². The quantitative estimate of drug-likeness (QED) is 0.0681. The van der Waals surface area contributed by atoms with E-state index in [1.165, 1.54) is 0 Å². The van der Waals surface area contributed by atoms with Gasteiger partial charge in [-0.25, -0.2) is 9.13 Å². The van der Waals surface area contributed by atoms with Gasteiger partial charge in [0, 0.05) is 45.6 Å². The second-order valence-electron chi connectivity index (χ2n) is 8.05. The average molecular weight is 603 g/mol. The highest BCUT2D eigenvalue weighted by Gasteiger charge is 2.10. The van der Waals surface area contributed by atoms with E-state index in [1.807, 2.05) is 71.7 Å². The molecule has 2 aromatic carbocycles. The maximum atomic E-state index is 8.52. The van der Waals surface area contributed by atoms with E-state index in [1.54, 1.807) is 22.7 Å². The molecule has 12 nitrogen and oxygen atoms in total. The number of hydrogen-bond donors (Lipinski definition) is 2. The summed E-state index contributed by atoms with van der Waals surface area (Å²) in [6.45, 7) is 7.73. The number of benzene rings is 2. The van der Waals surface area contributed by atoms with Crippen molar-refractivity contribution in [3.8, 4) is 0 Å². The Labute approximate surface area is 241 Å². The molecule has 0 aliphatic heterocycles. The number of hydrogen-bond acceptors (Lipinski definition) is 12. The molecule has 0 aliphatic rings. The van der Waals surface area contributed by atoms with Gasteiger partial charge in [-0.15, -0.1) is 0 Å². The van der Waals surface area contributed by atoms with Crippen LogP contribution in [-0.4, -0.2) is 30.6 Å². The maximum absolute atomic E-state index is 8.52. The zero-order valence-electron chi connectivity index (χ0n) is 22.0. The summed E-state index contributed by atoms with van der Waals surface area (Å²) in [7, 11) is -5.17. The van der Waals surface area contributed by atoms with Crippen molar-refractivity contribution < 1.29 is 26.7 Å². The molecule has 0 aliphatic carbocycles. The van der Waals surface area contributed by atoms with Gasteiger partial charge < -0.3 is 19.7 Å². The zero-order valence-corrected chi connectivity index (χ0v) is 24.5. The lowest BCUT2D eigenvalue weighted by atomic mass is 10.2. The predicted octanol–water partition coefficient (Wildman–Crippen LogP) is 5.83. The third-order valence-electron chi connectivity index (χ3n) is 5.25. The average Bonchev–Trinajstić information content (AvgIpc) is 3.60. The van der Waals surface area contributed by atoms with Crippen LogP contribution in [0.25, 0.3) is 0 Å². The molecule has 4 rings (SSSR count). The van der Waals surface area contributed by atoms with E-state index in [-0.39, 0.29) is 0 Å². The molecule has 0 atom stereocenters. The summed E-state index contributed by atoms with van der Waals surface area (Å²) >= 11 is 3.18. The number of nitrogens with one attached hydrogen (secondary N) is 2. The lowest BCUT2D eigenvalue weighted by Crippen LogP contribution is -2.28. The highest BCUT2D eigenvalue weighted by atomic mass is 32.3. The molecule has 0 fully saturated rings. The summed E-state index contributed by atoms with van der Waals surface area (Å²) in [4.78, 5) is 0. The standard InChI is InChI=1S/C25H28N8S2.H2O4S/c1-3-32-16-18-34-24(32)30-28-22-10-6-20(7-11-22)26-14-5-15-27-21-8-12-23(13-9-21)29-31-25-33(4-2)17-19-35-25;1-5(2,3)4/h6-13,16-19H,3-5,14-15H2,1-2H3;(H2,1,2,3,4). The van der Waals surface area contributed by atoms with Gasteiger partial charge >= 0.3 is 10.3 Å². The Kier molecular flexibility index (Phi) is 12.2. The lowest BCUT2D eigenvalue weighted by Gasteiger charge is -2.08. The first-order valence-electron chi connectivity index (χ1n) is 12.4. The van der Waals surface area contributed by atoms with E-state index >= 15 is 0 Å². The molecule has 212 valence electrons. The minimum absolute atomic E-state index is 0.844. The molecule has 40 heavy (non-hydrogen) atoms. The fourth-order valence-electron chi connectivity index (χ4n) is 3.28. The van der Waals surface area contributed by atoms with Gasteiger partial charge in [0.25, 0.3) is 0 Å². The molecule has 15 heteroatoms. The Hall–Kier alpha value is -3.63. The molecular formula is C25H30N8O4S3. The van der Waals surface area contributed by atoms with E-state index < -0.39 is 10.4 Å². The molecule has 0 saturated carbocycles. The number of aryl methyl sites for hydroxylation is 2. The van der Waals surface area contributed by atoms with Crippen LogP contribution in [0.3, 0.4) is 0 Å². The fraction of sp³-hybridized carbons (Fsp3) is 0.280. The van der Waals surface area contributed by atoms with Gasteiger partial charge in [-0.1, -0.05) is 0 Å². The number of rotatable bonds is 12. The van der Waals surface area contributed by atoms with E-state index in [9.17, 15) is 0 Å². The van der Waals surface area contributed by atoms with Gasteiger partial charge in [0.1, 0.15) is 23.8 Å². The Morgan fingerprint density at radius 2 is 1.07 bits per heavy atom. The number of anilines is 2. The van der Waals surface area contributed by atoms with E-state index in [4.69, 9.17) is 17.5 Å². The molecule has 0 unspecified atom stereocenters. The number of aromatic nitrogens is 2. The van der Waals surface area contributed by atoms with Crippen LogP contribution in [0.5, 0.6) is 0 Å². The van der Waals surface area contributed by atoms with Crippen molar-refractivity contribution in [2.75, 3.05) is 23.7 Å². The molecular weight excluding hydrogens is 573 g/mol. The third-order valence-corrected chi connectivity index (χ3v) is 6.82.